The van der Waals surface area contributed by atoms with Gasteiger partial charge in [-0.2, -0.15) is 0 Å². The van der Waals surface area contributed by atoms with Gasteiger partial charge >= 0.3 is 5.97 Å². The van der Waals surface area contributed by atoms with E-state index in [4.69, 9.17) is 9.84 Å². The number of esters is 1. The Morgan fingerprint density at radius 3 is 1.43 bits per heavy atom. The summed E-state index contributed by atoms with van der Waals surface area (Å²) in [4.78, 5) is 11.0. The lowest BCUT2D eigenvalue weighted by Gasteiger charge is -2.24. The van der Waals surface area contributed by atoms with Gasteiger partial charge in [0.25, 0.3) is 0 Å². The SMILES string of the molecule is CCC(CC(O)CC(O)CC(O)CC(O)CC(O)C[C@@H](C)CC(O)CO)OC(C)=O. The van der Waals surface area contributed by atoms with E-state index in [1.165, 1.54) is 6.92 Å². The van der Waals surface area contributed by atoms with Crippen LogP contribution in [0.5, 0.6) is 0 Å². The second kappa shape index (κ2) is 15.9. The lowest BCUT2D eigenvalue weighted by molar-refractivity contribution is -0.148. The summed E-state index contributed by atoms with van der Waals surface area (Å²) in [5.74, 6) is -0.471. The first-order chi connectivity index (χ1) is 14.0. The Kier molecular flexibility index (Phi) is 15.5. The van der Waals surface area contributed by atoms with Gasteiger partial charge in [0.05, 0.1) is 43.2 Å². The zero-order chi connectivity index (χ0) is 23.3. The molecule has 9 nitrogen and oxygen atoms in total. The molecule has 7 unspecified atom stereocenters. The first-order valence-corrected chi connectivity index (χ1v) is 10.8. The molecular weight excluding hydrogens is 396 g/mol. The zero-order valence-electron chi connectivity index (χ0n) is 18.4. The third-order valence-corrected chi connectivity index (χ3v) is 5.06. The number of carbonyl (C=O) groups excluding carboxylic acids is 1. The van der Waals surface area contributed by atoms with Gasteiger partial charge in [0, 0.05) is 13.3 Å². The highest BCUT2D eigenvalue weighted by molar-refractivity contribution is 5.66. The van der Waals surface area contributed by atoms with E-state index in [1.54, 1.807) is 0 Å². The first-order valence-electron chi connectivity index (χ1n) is 10.8. The molecule has 30 heavy (non-hydrogen) atoms. The summed E-state index contributed by atoms with van der Waals surface area (Å²) >= 11 is 0. The van der Waals surface area contributed by atoms with Crippen molar-refractivity contribution in [1.82, 2.24) is 0 Å². The smallest absolute Gasteiger partial charge is 0.302 e. The number of aliphatic hydroxyl groups is 7. The quantitative estimate of drug-likeness (QED) is 0.153. The molecule has 8 atom stereocenters. The summed E-state index contributed by atoms with van der Waals surface area (Å²) in [5.41, 5.74) is 0. The maximum atomic E-state index is 11.0. The van der Waals surface area contributed by atoms with E-state index < -0.39 is 48.7 Å². The standard InChI is InChI=1S/C21H42O9/c1-4-21(30-14(3)23)11-19(28)10-18(27)9-17(26)8-16(25)7-15(24)5-13(2)6-20(29)12-22/h13,15-22,24-29H,4-12H2,1-3H3/t13-,15?,16?,17?,18?,19?,20?,21?/m1/s1. The van der Waals surface area contributed by atoms with Gasteiger partial charge in [-0.05, 0) is 50.9 Å². The number of aliphatic hydroxyl groups excluding tert-OH is 7. The summed E-state index contributed by atoms with van der Waals surface area (Å²) in [6, 6.07) is 0. The van der Waals surface area contributed by atoms with Gasteiger partial charge in [0.1, 0.15) is 6.10 Å². The molecule has 0 amide bonds. The van der Waals surface area contributed by atoms with Gasteiger partial charge in [-0.1, -0.05) is 13.8 Å². The van der Waals surface area contributed by atoms with Crippen LogP contribution in [0.3, 0.4) is 0 Å². The molecule has 0 saturated heterocycles. The molecule has 0 saturated carbocycles. The topological polar surface area (TPSA) is 168 Å². The lowest BCUT2D eigenvalue weighted by Crippen LogP contribution is -2.29. The monoisotopic (exact) mass is 438 g/mol. The molecule has 0 aromatic carbocycles. The molecule has 0 rings (SSSR count). The van der Waals surface area contributed by atoms with Crippen molar-refractivity contribution in [2.24, 2.45) is 5.92 Å². The number of ether oxygens (including phenoxy) is 1. The van der Waals surface area contributed by atoms with E-state index >= 15 is 0 Å². The summed E-state index contributed by atoms with van der Waals surface area (Å²) < 4.78 is 5.06. The molecule has 0 aliphatic carbocycles. The molecule has 0 aliphatic rings. The fourth-order valence-electron chi connectivity index (χ4n) is 3.67. The summed E-state index contributed by atoms with van der Waals surface area (Å²) in [6.07, 6.45) is -4.48. The molecule has 0 fully saturated rings. The number of hydrogen-bond donors (Lipinski definition) is 7. The molecular formula is C21H42O9. The molecule has 0 aliphatic heterocycles. The van der Waals surface area contributed by atoms with E-state index in [2.05, 4.69) is 0 Å². The summed E-state index contributed by atoms with van der Waals surface area (Å²) in [6.45, 7) is 4.61. The molecule has 7 N–H and O–H groups in total. The fraction of sp³-hybridized carbons (Fsp3) is 0.952. The molecule has 0 spiro atoms. The Balaban J connectivity index is 4.22. The molecule has 0 aromatic heterocycles. The van der Waals surface area contributed by atoms with Crippen LogP contribution in [0.15, 0.2) is 0 Å². The van der Waals surface area contributed by atoms with Crippen molar-refractivity contribution >= 4 is 5.97 Å². The molecule has 0 bridgehead atoms. The lowest BCUT2D eigenvalue weighted by atomic mass is 9.92. The van der Waals surface area contributed by atoms with E-state index in [-0.39, 0.29) is 44.6 Å². The van der Waals surface area contributed by atoms with Crippen molar-refractivity contribution in [1.29, 1.82) is 0 Å². The van der Waals surface area contributed by atoms with Gasteiger partial charge < -0.3 is 40.5 Å². The highest BCUT2D eigenvalue weighted by Crippen LogP contribution is 2.19. The van der Waals surface area contributed by atoms with Crippen molar-refractivity contribution < 1.29 is 45.3 Å². The highest BCUT2D eigenvalue weighted by Gasteiger charge is 2.23. The minimum atomic E-state index is -1.00. The maximum absolute atomic E-state index is 11.0. The van der Waals surface area contributed by atoms with Gasteiger partial charge in [-0.15, -0.1) is 0 Å². The Labute approximate surface area is 179 Å². The average Bonchev–Trinajstić information content (AvgIpc) is 2.59. The first kappa shape index (κ1) is 29.2. The van der Waals surface area contributed by atoms with Crippen LogP contribution >= 0.6 is 0 Å². The predicted molar refractivity (Wildman–Crippen MR) is 110 cm³/mol. The Morgan fingerprint density at radius 1 is 0.700 bits per heavy atom. The van der Waals surface area contributed by atoms with E-state index in [9.17, 15) is 35.4 Å². The minimum Gasteiger partial charge on any atom is -0.462 e. The van der Waals surface area contributed by atoms with Crippen molar-refractivity contribution in [2.75, 3.05) is 6.61 Å². The van der Waals surface area contributed by atoms with E-state index in [0.29, 0.717) is 19.3 Å². The molecule has 9 heteroatoms. The normalized spacial score (nSPS) is 19.9. The van der Waals surface area contributed by atoms with Gasteiger partial charge in [0.15, 0.2) is 0 Å². The van der Waals surface area contributed by atoms with Crippen molar-refractivity contribution in [3.8, 4) is 0 Å². The van der Waals surface area contributed by atoms with Crippen LogP contribution in [0.4, 0.5) is 0 Å². The molecule has 0 aromatic rings. The largest absolute Gasteiger partial charge is 0.462 e. The van der Waals surface area contributed by atoms with E-state index in [1.807, 2.05) is 13.8 Å². The van der Waals surface area contributed by atoms with Gasteiger partial charge in [-0.25, -0.2) is 0 Å². The van der Waals surface area contributed by atoms with Crippen LogP contribution < -0.4 is 0 Å². The maximum Gasteiger partial charge on any atom is 0.302 e. The van der Waals surface area contributed by atoms with Crippen molar-refractivity contribution in [3.63, 3.8) is 0 Å². The minimum absolute atomic E-state index is 0.0121. The number of carbonyl (C=O) groups is 1. The van der Waals surface area contributed by atoms with Crippen LogP contribution in [0.2, 0.25) is 0 Å². The molecule has 0 heterocycles. The van der Waals surface area contributed by atoms with Gasteiger partial charge in [0.2, 0.25) is 0 Å². The predicted octanol–water partition coefficient (Wildman–Crippen LogP) is -0.147. The van der Waals surface area contributed by atoms with Crippen LogP contribution in [-0.4, -0.2) is 91.0 Å². The second-order valence-electron chi connectivity index (χ2n) is 8.50. The zero-order valence-corrected chi connectivity index (χ0v) is 18.4. The fourth-order valence-corrected chi connectivity index (χ4v) is 3.67. The molecule has 0 radical (unpaired) electrons. The third-order valence-electron chi connectivity index (χ3n) is 5.06. The summed E-state index contributed by atoms with van der Waals surface area (Å²) in [7, 11) is 0. The van der Waals surface area contributed by atoms with Crippen LogP contribution in [-0.2, 0) is 9.53 Å². The Bertz CT molecular complexity index is 448. The summed E-state index contributed by atoms with van der Waals surface area (Å²) in [5, 5.41) is 68.6. The van der Waals surface area contributed by atoms with E-state index in [0.717, 1.165) is 0 Å². The Morgan fingerprint density at radius 2 is 1.07 bits per heavy atom. The third kappa shape index (κ3) is 15.1. The number of hydrogen-bond acceptors (Lipinski definition) is 9. The average molecular weight is 439 g/mol. The van der Waals surface area contributed by atoms with Crippen molar-refractivity contribution in [2.45, 2.75) is 115 Å². The Hall–Kier alpha value is -0.810. The molecule has 180 valence electrons. The number of rotatable bonds is 17. The van der Waals surface area contributed by atoms with Crippen LogP contribution in [0.25, 0.3) is 0 Å². The van der Waals surface area contributed by atoms with Crippen molar-refractivity contribution in [3.05, 3.63) is 0 Å². The van der Waals surface area contributed by atoms with Crippen LogP contribution in [0, 0.1) is 5.92 Å². The van der Waals surface area contributed by atoms with Crippen LogP contribution in [0.1, 0.15) is 72.1 Å². The van der Waals surface area contributed by atoms with Gasteiger partial charge in [-0.3, -0.25) is 4.79 Å². The highest BCUT2D eigenvalue weighted by atomic mass is 16.5. The second-order valence-corrected chi connectivity index (χ2v) is 8.50.